The van der Waals surface area contributed by atoms with Gasteiger partial charge in [0.2, 0.25) is 0 Å². The SMILES string of the molecule is CCC1CC(C(CC(=O)O)OC(C)=O)C(CC)O1. The van der Waals surface area contributed by atoms with E-state index in [1.54, 1.807) is 0 Å². The smallest absolute Gasteiger partial charge is 0.307 e. The highest BCUT2D eigenvalue weighted by atomic mass is 16.6. The fourth-order valence-electron chi connectivity index (χ4n) is 2.58. The molecule has 1 saturated heterocycles. The molecule has 1 aliphatic rings. The third-order valence-electron chi connectivity index (χ3n) is 3.41. The number of esters is 1. The molecule has 104 valence electrons. The van der Waals surface area contributed by atoms with Crippen molar-refractivity contribution in [1.29, 1.82) is 0 Å². The normalized spacial score (nSPS) is 28.9. The van der Waals surface area contributed by atoms with Crippen molar-refractivity contribution in [2.24, 2.45) is 5.92 Å². The molecule has 0 amide bonds. The summed E-state index contributed by atoms with van der Waals surface area (Å²) in [5.74, 6) is -1.40. The molecule has 1 aliphatic heterocycles. The molecule has 0 spiro atoms. The lowest BCUT2D eigenvalue weighted by molar-refractivity contribution is -0.155. The summed E-state index contributed by atoms with van der Waals surface area (Å²) in [4.78, 5) is 21.9. The van der Waals surface area contributed by atoms with Crippen molar-refractivity contribution >= 4 is 11.9 Å². The molecule has 0 aromatic carbocycles. The molecule has 4 atom stereocenters. The minimum Gasteiger partial charge on any atom is -0.481 e. The van der Waals surface area contributed by atoms with Crippen LogP contribution in [0.2, 0.25) is 0 Å². The minimum absolute atomic E-state index is 0.0139. The molecule has 0 aromatic heterocycles. The molecular formula is C13H22O5. The average Bonchev–Trinajstić information content (AvgIpc) is 2.69. The second-order valence-corrected chi connectivity index (χ2v) is 4.76. The molecular weight excluding hydrogens is 236 g/mol. The highest BCUT2D eigenvalue weighted by molar-refractivity contribution is 5.69. The van der Waals surface area contributed by atoms with E-state index in [2.05, 4.69) is 0 Å². The topological polar surface area (TPSA) is 72.8 Å². The van der Waals surface area contributed by atoms with Gasteiger partial charge in [0.1, 0.15) is 6.10 Å². The number of carbonyl (C=O) groups is 2. The zero-order valence-corrected chi connectivity index (χ0v) is 11.2. The summed E-state index contributed by atoms with van der Waals surface area (Å²) in [5.41, 5.74) is 0. The van der Waals surface area contributed by atoms with Crippen molar-refractivity contribution < 1.29 is 24.2 Å². The zero-order valence-electron chi connectivity index (χ0n) is 11.2. The number of hydrogen-bond acceptors (Lipinski definition) is 4. The Hall–Kier alpha value is -1.10. The highest BCUT2D eigenvalue weighted by Gasteiger charge is 2.40. The third kappa shape index (κ3) is 3.98. The van der Waals surface area contributed by atoms with Crippen molar-refractivity contribution in [2.75, 3.05) is 0 Å². The fourth-order valence-corrected chi connectivity index (χ4v) is 2.58. The van der Waals surface area contributed by atoms with Crippen LogP contribution in [0.4, 0.5) is 0 Å². The Kier molecular flexibility index (Phi) is 5.59. The number of ether oxygens (including phenoxy) is 2. The Balaban J connectivity index is 2.75. The first-order valence-corrected chi connectivity index (χ1v) is 6.52. The van der Waals surface area contributed by atoms with E-state index >= 15 is 0 Å². The Labute approximate surface area is 107 Å². The van der Waals surface area contributed by atoms with Crippen LogP contribution in [0.15, 0.2) is 0 Å². The molecule has 5 heteroatoms. The summed E-state index contributed by atoms with van der Waals surface area (Å²) in [6.45, 7) is 5.35. The quantitative estimate of drug-likeness (QED) is 0.737. The van der Waals surface area contributed by atoms with Crippen LogP contribution in [0.3, 0.4) is 0 Å². The van der Waals surface area contributed by atoms with E-state index in [1.807, 2.05) is 13.8 Å². The van der Waals surface area contributed by atoms with Crippen molar-refractivity contribution in [3.8, 4) is 0 Å². The number of carboxylic acid groups (broad SMARTS) is 1. The molecule has 0 aliphatic carbocycles. The molecule has 0 aromatic rings. The standard InChI is InChI=1S/C13H22O5/c1-4-9-6-10(11(5-2)18-9)12(7-13(15)16)17-8(3)14/h9-12H,4-7H2,1-3H3,(H,15,16). The second-order valence-electron chi connectivity index (χ2n) is 4.76. The molecule has 4 unspecified atom stereocenters. The van der Waals surface area contributed by atoms with Gasteiger partial charge in [0.25, 0.3) is 0 Å². The van der Waals surface area contributed by atoms with Gasteiger partial charge in [-0.3, -0.25) is 9.59 Å². The van der Waals surface area contributed by atoms with Crippen LogP contribution in [-0.2, 0) is 19.1 Å². The highest BCUT2D eigenvalue weighted by Crippen LogP contribution is 2.35. The molecule has 0 bridgehead atoms. The van der Waals surface area contributed by atoms with E-state index in [4.69, 9.17) is 14.6 Å². The monoisotopic (exact) mass is 258 g/mol. The molecule has 1 heterocycles. The maximum absolute atomic E-state index is 11.1. The summed E-state index contributed by atoms with van der Waals surface area (Å²) >= 11 is 0. The molecule has 0 radical (unpaired) electrons. The van der Waals surface area contributed by atoms with Gasteiger partial charge < -0.3 is 14.6 Å². The first-order chi connectivity index (χ1) is 8.47. The van der Waals surface area contributed by atoms with Crippen LogP contribution in [0.5, 0.6) is 0 Å². The van der Waals surface area contributed by atoms with Crippen LogP contribution >= 0.6 is 0 Å². The number of aliphatic carboxylic acids is 1. The molecule has 0 saturated carbocycles. The second kappa shape index (κ2) is 6.73. The Morgan fingerprint density at radius 1 is 1.39 bits per heavy atom. The number of rotatable bonds is 6. The van der Waals surface area contributed by atoms with Gasteiger partial charge in [-0.05, 0) is 19.3 Å². The Morgan fingerprint density at radius 3 is 2.50 bits per heavy atom. The summed E-state index contributed by atoms with van der Waals surface area (Å²) in [6, 6.07) is 0. The molecule has 1 fully saturated rings. The largest absolute Gasteiger partial charge is 0.481 e. The van der Waals surface area contributed by atoms with E-state index in [-0.39, 0.29) is 24.5 Å². The van der Waals surface area contributed by atoms with E-state index in [1.165, 1.54) is 6.92 Å². The van der Waals surface area contributed by atoms with Crippen molar-refractivity contribution in [2.45, 2.75) is 64.8 Å². The van der Waals surface area contributed by atoms with Gasteiger partial charge in [0.05, 0.1) is 18.6 Å². The zero-order chi connectivity index (χ0) is 13.7. The summed E-state index contributed by atoms with van der Waals surface area (Å²) < 4.78 is 11.0. The van der Waals surface area contributed by atoms with Crippen molar-refractivity contribution in [3.05, 3.63) is 0 Å². The maximum Gasteiger partial charge on any atom is 0.307 e. The molecule has 1 rings (SSSR count). The molecule has 1 N–H and O–H groups in total. The van der Waals surface area contributed by atoms with E-state index in [9.17, 15) is 9.59 Å². The van der Waals surface area contributed by atoms with Gasteiger partial charge in [-0.2, -0.15) is 0 Å². The van der Waals surface area contributed by atoms with Crippen LogP contribution in [0.25, 0.3) is 0 Å². The summed E-state index contributed by atoms with van der Waals surface area (Å²) in [5, 5.41) is 8.91. The Morgan fingerprint density at radius 2 is 2.06 bits per heavy atom. The molecule has 18 heavy (non-hydrogen) atoms. The van der Waals surface area contributed by atoms with Crippen molar-refractivity contribution in [3.63, 3.8) is 0 Å². The first kappa shape index (κ1) is 15.0. The number of hydrogen-bond donors (Lipinski definition) is 1. The van der Waals surface area contributed by atoms with Gasteiger partial charge in [0, 0.05) is 12.8 Å². The Bertz CT molecular complexity index is 286. The lowest BCUT2D eigenvalue weighted by atomic mass is 9.89. The van der Waals surface area contributed by atoms with Gasteiger partial charge in [-0.15, -0.1) is 0 Å². The van der Waals surface area contributed by atoms with Crippen LogP contribution in [0, 0.1) is 5.92 Å². The average molecular weight is 258 g/mol. The summed E-state index contributed by atoms with van der Waals surface area (Å²) in [6.07, 6.45) is 1.86. The predicted molar refractivity (Wildman–Crippen MR) is 65.2 cm³/mol. The minimum atomic E-state index is -0.948. The lowest BCUT2D eigenvalue weighted by Crippen LogP contribution is -2.33. The fraction of sp³-hybridized carbons (Fsp3) is 0.846. The van der Waals surface area contributed by atoms with Crippen LogP contribution in [0.1, 0.15) is 46.5 Å². The van der Waals surface area contributed by atoms with E-state index in [0.717, 1.165) is 19.3 Å². The molecule has 5 nitrogen and oxygen atoms in total. The lowest BCUT2D eigenvalue weighted by Gasteiger charge is -2.25. The maximum atomic E-state index is 11.1. The first-order valence-electron chi connectivity index (χ1n) is 6.52. The van der Waals surface area contributed by atoms with Gasteiger partial charge in [-0.1, -0.05) is 13.8 Å². The number of carboxylic acids is 1. The predicted octanol–water partition coefficient (Wildman–Crippen LogP) is 1.99. The van der Waals surface area contributed by atoms with Crippen molar-refractivity contribution in [1.82, 2.24) is 0 Å². The van der Waals surface area contributed by atoms with E-state index < -0.39 is 18.0 Å². The van der Waals surface area contributed by atoms with E-state index in [0.29, 0.717) is 0 Å². The third-order valence-corrected chi connectivity index (χ3v) is 3.41. The van der Waals surface area contributed by atoms with Gasteiger partial charge >= 0.3 is 11.9 Å². The number of carbonyl (C=O) groups excluding carboxylic acids is 1. The summed E-state index contributed by atoms with van der Waals surface area (Å²) in [7, 11) is 0. The van der Waals surface area contributed by atoms with Gasteiger partial charge in [-0.25, -0.2) is 0 Å². The van der Waals surface area contributed by atoms with Gasteiger partial charge in [0.15, 0.2) is 0 Å². The van der Waals surface area contributed by atoms with Crippen LogP contribution in [-0.4, -0.2) is 35.4 Å². The van der Waals surface area contributed by atoms with Crippen LogP contribution < -0.4 is 0 Å².